The van der Waals surface area contributed by atoms with Gasteiger partial charge in [0.2, 0.25) is 5.28 Å². The Morgan fingerprint density at radius 1 is 1.90 bits per heavy atom. The molecule has 0 saturated carbocycles. The first-order valence-electron chi connectivity index (χ1n) is 2.67. The molecule has 0 aliphatic rings. The highest BCUT2D eigenvalue weighted by Crippen LogP contribution is 1.97. The van der Waals surface area contributed by atoms with E-state index in [1.807, 2.05) is 0 Å². The molecule has 0 aliphatic heterocycles. The van der Waals surface area contributed by atoms with Gasteiger partial charge in [-0.05, 0) is 11.6 Å². The third-order valence-electron chi connectivity index (χ3n) is 0.959. The normalized spacial score (nSPS) is 9.70. The van der Waals surface area contributed by atoms with Gasteiger partial charge in [-0.2, -0.15) is 4.98 Å². The van der Waals surface area contributed by atoms with Gasteiger partial charge in [-0.3, -0.25) is 4.68 Å². The molecule has 4 nitrogen and oxygen atoms in total. The summed E-state index contributed by atoms with van der Waals surface area (Å²) in [5.41, 5.74) is -0.438. The highest BCUT2D eigenvalue weighted by molar-refractivity contribution is 6.28. The molecule has 1 aromatic rings. The number of hydrogen-bond acceptors (Lipinski definition) is 2. The van der Waals surface area contributed by atoms with Gasteiger partial charge in [0.05, 0.1) is 6.54 Å². The van der Waals surface area contributed by atoms with Gasteiger partial charge in [0.15, 0.2) is 0 Å². The summed E-state index contributed by atoms with van der Waals surface area (Å²) in [6.07, 6.45) is 1.61. The molecule has 1 heterocycles. The number of allylic oxidation sites excluding steroid dienone is 1. The van der Waals surface area contributed by atoms with Crippen LogP contribution in [0.5, 0.6) is 0 Å². The van der Waals surface area contributed by atoms with Gasteiger partial charge in [-0.15, -0.1) is 6.58 Å². The highest BCUT2D eigenvalue weighted by atomic mass is 35.5. The van der Waals surface area contributed by atoms with Gasteiger partial charge in [-0.1, -0.05) is 6.08 Å². The minimum atomic E-state index is -0.438. The van der Waals surface area contributed by atoms with Crippen LogP contribution in [0.25, 0.3) is 0 Å². The van der Waals surface area contributed by atoms with E-state index in [2.05, 4.69) is 16.7 Å². The molecule has 54 valence electrons. The topological polar surface area (TPSA) is 50.7 Å². The third-order valence-corrected chi connectivity index (χ3v) is 1.25. The van der Waals surface area contributed by atoms with Crippen LogP contribution in [0.4, 0.5) is 0 Å². The van der Waals surface area contributed by atoms with Crippen LogP contribution in [0.2, 0.25) is 5.28 Å². The Labute approximate surface area is 62.1 Å². The van der Waals surface area contributed by atoms with Crippen LogP contribution >= 0.6 is 11.6 Å². The number of nitrogens with one attached hydrogen (secondary N) is 1. The van der Waals surface area contributed by atoms with Crippen LogP contribution in [-0.4, -0.2) is 14.8 Å². The monoisotopic (exact) mass is 159 g/mol. The first-order valence-corrected chi connectivity index (χ1v) is 3.05. The molecule has 0 saturated heterocycles. The standard InChI is InChI=1S/C5H6ClN3O/c1-2-3-9-4(6)7-5(10)8-9/h2H,1,3H2,(H,8,10). The summed E-state index contributed by atoms with van der Waals surface area (Å²) < 4.78 is 1.40. The first-order chi connectivity index (χ1) is 4.74. The van der Waals surface area contributed by atoms with Crippen molar-refractivity contribution in [3.63, 3.8) is 0 Å². The summed E-state index contributed by atoms with van der Waals surface area (Å²) in [6.45, 7) is 3.94. The second kappa shape index (κ2) is 2.70. The lowest BCUT2D eigenvalue weighted by Crippen LogP contribution is -2.05. The summed E-state index contributed by atoms with van der Waals surface area (Å²) in [6, 6.07) is 0. The van der Waals surface area contributed by atoms with Gasteiger partial charge in [0.25, 0.3) is 0 Å². The lowest BCUT2D eigenvalue weighted by atomic mass is 10.6. The maximum absolute atomic E-state index is 10.5. The van der Waals surface area contributed by atoms with Crippen molar-refractivity contribution in [1.29, 1.82) is 0 Å². The molecular weight excluding hydrogens is 154 g/mol. The molecule has 0 radical (unpaired) electrons. The van der Waals surface area contributed by atoms with Gasteiger partial charge in [-0.25, -0.2) is 9.89 Å². The SMILES string of the molecule is C=CCn1[nH]c(=O)nc1Cl. The van der Waals surface area contributed by atoms with Crippen molar-refractivity contribution in [2.75, 3.05) is 0 Å². The van der Waals surface area contributed by atoms with Crippen molar-refractivity contribution >= 4 is 11.6 Å². The molecule has 0 spiro atoms. The van der Waals surface area contributed by atoms with E-state index in [-0.39, 0.29) is 5.28 Å². The zero-order chi connectivity index (χ0) is 7.56. The van der Waals surface area contributed by atoms with E-state index < -0.39 is 5.69 Å². The lowest BCUT2D eigenvalue weighted by molar-refractivity contribution is 0.694. The van der Waals surface area contributed by atoms with Crippen molar-refractivity contribution in [1.82, 2.24) is 14.8 Å². The molecule has 0 aromatic carbocycles. The summed E-state index contributed by atoms with van der Waals surface area (Å²) in [4.78, 5) is 13.9. The largest absolute Gasteiger partial charge is 0.362 e. The van der Waals surface area contributed by atoms with E-state index in [1.54, 1.807) is 6.08 Å². The predicted octanol–water partition coefficient (Wildman–Crippen LogP) is 0.411. The van der Waals surface area contributed by atoms with E-state index in [0.29, 0.717) is 6.54 Å². The average Bonchev–Trinajstić information content (AvgIpc) is 2.13. The molecule has 5 heteroatoms. The van der Waals surface area contributed by atoms with Crippen LogP contribution < -0.4 is 5.69 Å². The van der Waals surface area contributed by atoms with Crippen molar-refractivity contribution in [2.45, 2.75) is 6.54 Å². The number of nitrogens with zero attached hydrogens (tertiary/aromatic N) is 2. The summed E-state index contributed by atoms with van der Waals surface area (Å²) in [5, 5.41) is 2.55. The second-order valence-electron chi connectivity index (χ2n) is 1.70. The Morgan fingerprint density at radius 2 is 2.60 bits per heavy atom. The molecule has 0 amide bonds. The van der Waals surface area contributed by atoms with Gasteiger partial charge < -0.3 is 0 Å². The number of halogens is 1. The third kappa shape index (κ3) is 1.27. The molecular formula is C5H6ClN3O. The van der Waals surface area contributed by atoms with Crippen molar-refractivity contribution in [3.05, 3.63) is 28.4 Å². The fourth-order valence-corrected chi connectivity index (χ4v) is 0.769. The Morgan fingerprint density at radius 3 is 3.00 bits per heavy atom. The van der Waals surface area contributed by atoms with Gasteiger partial charge in [0, 0.05) is 0 Å². The fourth-order valence-electron chi connectivity index (χ4n) is 0.581. The van der Waals surface area contributed by atoms with Crippen molar-refractivity contribution in [3.8, 4) is 0 Å². The van der Waals surface area contributed by atoms with Crippen molar-refractivity contribution in [2.24, 2.45) is 0 Å². The molecule has 0 bridgehead atoms. The Hall–Kier alpha value is -1.03. The molecule has 1 rings (SSSR count). The van der Waals surface area contributed by atoms with E-state index in [0.717, 1.165) is 0 Å². The van der Waals surface area contributed by atoms with E-state index in [1.165, 1.54) is 4.68 Å². The molecule has 0 unspecified atom stereocenters. The number of aromatic nitrogens is 3. The molecule has 0 aliphatic carbocycles. The molecule has 1 N–H and O–H groups in total. The molecule has 0 atom stereocenters. The Kier molecular flexibility index (Phi) is 1.91. The minimum Gasteiger partial charge on any atom is -0.253 e. The smallest absolute Gasteiger partial charge is 0.253 e. The second-order valence-corrected chi connectivity index (χ2v) is 2.04. The van der Waals surface area contributed by atoms with Gasteiger partial charge in [0.1, 0.15) is 0 Å². The summed E-state index contributed by atoms with van der Waals surface area (Å²) in [5.74, 6) is 0. The number of hydrogen-bond donors (Lipinski definition) is 1. The average molecular weight is 160 g/mol. The first kappa shape index (κ1) is 7.08. The van der Waals surface area contributed by atoms with E-state index in [4.69, 9.17) is 11.6 Å². The summed E-state index contributed by atoms with van der Waals surface area (Å²) in [7, 11) is 0. The maximum Gasteiger partial charge on any atom is 0.362 e. The van der Waals surface area contributed by atoms with Gasteiger partial charge >= 0.3 is 5.69 Å². The van der Waals surface area contributed by atoms with Crippen LogP contribution in [0.3, 0.4) is 0 Å². The van der Waals surface area contributed by atoms with Crippen LogP contribution in [0, 0.1) is 0 Å². The van der Waals surface area contributed by atoms with E-state index in [9.17, 15) is 4.79 Å². The highest BCUT2D eigenvalue weighted by Gasteiger charge is 1.98. The Balaban J connectivity index is 3.02. The molecule has 0 fully saturated rings. The molecule has 1 aromatic heterocycles. The number of H-pyrrole nitrogens is 1. The zero-order valence-electron chi connectivity index (χ0n) is 5.17. The number of aromatic amines is 1. The van der Waals surface area contributed by atoms with E-state index >= 15 is 0 Å². The number of rotatable bonds is 2. The Bertz CT molecular complexity index is 287. The lowest BCUT2D eigenvalue weighted by Gasteiger charge is -1.93. The fraction of sp³-hybridized carbons (Fsp3) is 0.200. The quantitative estimate of drug-likeness (QED) is 0.636. The van der Waals surface area contributed by atoms with Crippen molar-refractivity contribution < 1.29 is 0 Å². The summed E-state index contributed by atoms with van der Waals surface area (Å²) >= 11 is 5.50. The van der Waals surface area contributed by atoms with Crippen LogP contribution in [-0.2, 0) is 6.54 Å². The minimum absolute atomic E-state index is 0.157. The van der Waals surface area contributed by atoms with Crippen LogP contribution in [0.15, 0.2) is 17.4 Å². The zero-order valence-corrected chi connectivity index (χ0v) is 5.93. The van der Waals surface area contributed by atoms with Crippen LogP contribution in [0.1, 0.15) is 0 Å². The predicted molar refractivity (Wildman–Crippen MR) is 38.1 cm³/mol. The maximum atomic E-state index is 10.5. The molecule has 10 heavy (non-hydrogen) atoms.